The van der Waals surface area contributed by atoms with Crippen molar-refractivity contribution in [3.05, 3.63) is 44.8 Å². The van der Waals surface area contributed by atoms with Crippen molar-refractivity contribution < 1.29 is 19.1 Å². The molecule has 1 aromatic rings. The third kappa shape index (κ3) is 4.39. The smallest absolute Gasteiger partial charge is 0.330 e. The molecule has 9 nitrogen and oxygen atoms in total. The lowest BCUT2D eigenvalue weighted by molar-refractivity contribution is -0.147. The molecule has 124 valence electrons. The number of aryl methyl sites for hydroxylation is 1. The van der Waals surface area contributed by atoms with E-state index in [1.54, 1.807) is 19.1 Å². The van der Waals surface area contributed by atoms with Crippen molar-refractivity contribution in [1.29, 1.82) is 0 Å². The van der Waals surface area contributed by atoms with E-state index < -0.39 is 29.6 Å². The number of nitrogens with one attached hydrogen (secondary N) is 2. The van der Waals surface area contributed by atoms with E-state index in [9.17, 15) is 19.2 Å². The maximum absolute atomic E-state index is 11.8. The fourth-order valence-corrected chi connectivity index (χ4v) is 1.94. The minimum atomic E-state index is -0.683. The van der Waals surface area contributed by atoms with Crippen LogP contribution in [0.1, 0.15) is 18.7 Å². The van der Waals surface area contributed by atoms with Gasteiger partial charge < -0.3 is 14.8 Å². The summed E-state index contributed by atoms with van der Waals surface area (Å²) in [6.45, 7) is 2.62. The molecule has 9 heteroatoms. The molecule has 0 aromatic carbocycles. The van der Waals surface area contributed by atoms with Crippen molar-refractivity contribution in [1.82, 2.24) is 14.9 Å². The number of carbonyl (C=O) groups excluding carboxylic acids is 2. The Labute approximate surface area is 130 Å². The largest absolute Gasteiger partial charge is 0.461 e. The van der Waals surface area contributed by atoms with Gasteiger partial charge in [0.15, 0.2) is 6.23 Å². The molecule has 0 fully saturated rings. The SMILES string of the molecule is CC(=O)NCC(=O)OC[C@@H]1C=C[C@H](n2cc(C)c(=O)[nH]c2=O)O1. The monoisotopic (exact) mass is 323 g/mol. The van der Waals surface area contributed by atoms with Gasteiger partial charge in [0.2, 0.25) is 5.91 Å². The zero-order valence-corrected chi connectivity index (χ0v) is 12.7. The van der Waals surface area contributed by atoms with Crippen LogP contribution in [0.25, 0.3) is 0 Å². The van der Waals surface area contributed by atoms with Gasteiger partial charge in [-0.25, -0.2) is 4.79 Å². The highest BCUT2D eigenvalue weighted by Crippen LogP contribution is 2.19. The number of aromatic amines is 1. The molecule has 23 heavy (non-hydrogen) atoms. The average molecular weight is 323 g/mol. The summed E-state index contributed by atoms with van der Waals surface area (Å²) < 4.78 is 11.8. The van der Waals surface area contributed by atoms with Crippen LogP contribution in [-0.2, 0) is 19.1 Å². The Balaban J connectivity index is 1.90. The molecule has 0 radical (unpaired) electrons. The number of carbonyl (C=O) groups is 2. The summed E-state index contributed by atoms with van der Waals surface area (Å²) >= 11 is 0. The van der Waals surface area contributed by atoms with Crippen LogP contribution in [0.5, 0.6) is 0 Å². The van der Waals surface area contributed by atoms with E-state index in [0.29, 0.717) is 5.56 Å². The molecular formula is C14H17N3O6. The number of nitrogens with zero attached hydrogens (tertiary/aromatic N) is 1. The molecule has 1 aromatic heterocycles. The van der Waals surface area contributed by atoms with Gasteiger partial charge in [-0.15, -0.1) is 0 Å². The fraction of sp³-hybridized carbons (Fsp3) is 0.429. The molecule has 1 amide bonds. The van der Waals surface area contributed by atoms with Gasteiger partial charge in [-0.3, -0.25) is 23.9 Å². The van der Waals surface area contributed by atoms with Gasteiger partial charge in [0.1, 0.15) is 19.3 Å². The second-order valence-corrected chi connectivity index (χ2v) is 5.02. The predicted octanol–water partition coefficient (Wildman–Crippen LogP) is -1.02. The van der Waals surface area contributed by atoms with Crippen molar-refractivity contribution in [2.24, 2.45) is 0 Å². The first-order chi connectivity index (χ1) is 10.9. The molecule has 1 aliphatic rings. The highest BCUT2D eigenvalue weighted by molar-refractivity contribution is 5.80. The van der Waals surface area contributed by atoms with Crippen LogP contribution in [0.2, 0.25) is 0 Å². The molecular weight excluding hydrogens is 306 g/mol. The quantitative estimate of drug-likeness (QED) is 0.528. The van der Waals surface area contributed by atoms with Crippen LogP contribution in [0.4, 0.5) is 0 Å². The second-order valence-electron chi connectivity index (χ2n) is 5.02. The Morgan fingerprint density at radius 2 is 2.13 bits per heavy atom. The Kier molecular flexibility index (Phi) is 5.12. The van der Waals surface area contributed by atoms with Crippen LogP contribution < -0.4 is 16.6 Å². The molecule has 2 rings (SSSR count). The van der Waals surface area contributed by atoms with E-state index in [2.05, 4.69) is 10.3 Å². The second kappa shape index (κ2) is 7.05. The van der Waals surface area contributed by atoms with Crippen molar-refractivity contribution in [2.45, 2.75) is 26.2 Å². The van der Waals surface area contributed by atoms with Gasteiger partial charge in [0.05, 0.1) is 0 Å². The van der Waals surface area contributed by atoms with Crippen molar-refractivity contribution in [3.8, 4) is 0 Å². The van der Waals surface area contributed by atoms with Crippen LogP contribution in [-0.4, -0.2) is 40.7 Å². The van der Waals surface area contributed by atoms with Crippen LogP contribution >= 0.6 is 0 Å². The summed E-state index contributed by atoms with van der Waals surface area (Å²) in [4.78, 5) is 47.4. The lowest BCUT2D eigenvalue weighted by Crippen LogP contribution is -2.34. The zero-order chi connectivity index (χ0) is 17.0. The molecule has 2 atom stereocenters. The van der Waals surface area contributed by atoms with Crippen molar-refractivity contribution in [3.63, 3.8) is 0 Å². The maximum atomic E-state index is 11.8. The topological polar surface area (TPSA) is 119 Å². The lowest BCUT2D eigenvalue weighted by atomic mass is 10.3. The van der Waals surface area contributed by atoms with Crippen LogP contribution in [0.15, 0.2) is 27.9 Å². The highest BCUT2D eigenvalue weighted by atomic mass is 16.6. The van der Waals surface area contributed by atoms with E-state index in [-0.39, 0.29) is 19.1 Å². The first kappa shape index (κ1) is 16.7. The Morgan fingerprint density at radius 3 is 2.83 bits per heavy atom. The number of esters is 1. The van der Waals surface area contributed by atoms with Gasteiger partial charge in [-0.05, 0) is 13.0 Å². The van der Waals surface area contributed by atoms with E-state index in [1.165, 1.54) is 17.7 Å². The van der Waals surface area contributed by atoms with Gasteiger partial charge >= 0.3 is 11.7 Å². The molecule has 0 spiro atoms. The van der Waals surface area contributed by atoms with Crippen molar-refractivity contribution in [2.75, 3.05) is 13.2 Å². The van der Waals surface area contributed by atoms with E-state index in [1.807, 2.05) is 0 Å². The van der Waals surface area contributed by atoms with Gasteiger partial charge in [0.25, 0.3) is 5.56 Å². The standard InChI is InChI=1S/C14H17N3O6/c1-8-6-17(14(21)16-13(8)20)11-4-3-10(23-11)7-22-12(19)5-15-9(2)18/h3-4,6,10-11H,5,7H2,1-2H3,(H,15,18)(H,16,20,21)/t10-,11+/m0/s1. The summed E-state index contributed by atoms with van der Waals surface area (Å²) in [7, 11) is 0. The molecule has 0 bridgehead atoms. The lowest BCUT2D eigenvalue weighted by Gasteiger charge is -2.16. The number of H-pyrrole nitrogens is 1. The van der Waals surface area contributed by atoms with Crippen molar-refractivity contribution >= 4 is 11.9 Å². The number of amides is 1. The average Bonchev–Trinajstić information content (AvgIpc) is 2.95. The number of aromatic nitrogens is 2. The summed E-state index contributed by atoms with van der Waals surface area (Å²) in [5.41, 5.74) is -0.651. The Morgan fingerprint density at radius 1 is 1.39 bits per heavy atom. The van der Waals surface area contributed by atoms with Gasteiger partial charge in [-0.2, -0.15) is 0 Å². The molecule has 0 saturated heterocycles. The minimum absolute atomic E-state index is 0.0392. The fourth-order valence-electron chi connectivity index (χ4n) is 1.94. The third-order valence-electron chi connectivity index (χ3n) is 3.11. The Bertz CT molecular complexity index is 748. The molecule has 1 aliphatic heterocycles. The first-order valence-electron chi connectivity index (χ1n) is 6.92. The summed E-state index contributed by atoms with van der Waals surface area (Å²) in [6.07, 6.45) is 3.49. The van der Waals surface area contributed by atoms with Crippen LogP contribution in [0.3, 0.4) is 0 Å². The minimum Gasteiger partial charge on any atom is -0.461 e. The molecule has 2 heterocycles. The highest BCUT2D eigenvalue weighted by Gasteiger charge is 2.23. The zero-order valence-electron chi connectivity index (χ0n) is 12.7. The van der Waals surface area contributed by atoms with Gasteiger partial charge in [0, 0.05) is 18.7 Å². The predicted molar refractivity (Wildman–Crippen MR) is 78.8 cm³/mol. The third-order valence-corrected chi connectivity index (χ3v) is 3.11. The molecule has 2 N–H and O–H groups in total. The number of ether oxygens (including phenoxy) is 2. The normalized spacial score (nSPS) is 19.6. The number of rotatable bonds is 5. The molecule has 0 unspecified atom stereocenters. The molecule has 0 saturated carbocycles. The first-order valence-corrected chi connectivity index (χ1v) is 6.92. The summed E-state index contributed by atoms with van der Waals surface area (Å²) in [5, 5.41) is 2.32. The summed E-state index contributed by atoms with van der Waals surface area (Å²) in [5.74, 6) is -0.912. The van der Waals surface area contributed by atoms with E-state index in [4.69, 9.17) is 9.47 Å². The Hall–Kier alpha value is -2.68. The number of hydrogen-bond acceptors (Lipinski definition) is 6. The van der Waals surface area contributed by atoms with Gasteiger partial charge in [-0.1, -0.05) is 6.08 Å². The van der Waals surface area contributed by atoms with Crippen LogP contribution in [0, 0.1) is 6.92 Å². The van der Waals surface area contributed by atoms with E-state index in [0.717, 1.165) is 0 Å². The maximum Gasteiger partial charge on any atom is 0.330 e. The molecule has 0 aliphatic carbocycles. The number of hydrogen-bond donors (Lipinski definition) is 2. The summed E-state index contributed by atoms with van der Waals surface area (Å²) in [6, 6.07) is 0. The van der Waals surface area contributed by atoms with E-state index >= 15 is 0 Å².